The van der Waals surface area contributed by atoms with Crippen molar-refractivity contribution in [3.63, 3.8) is 0 Å². The average Bonchev–Trinajstić information content (AvgIpc) is 2.55. The highest BCUT2D eigenvalue weighted by Gasteiger charge is 2.30. The first-order valence-corrected chi connectivity index (χ1v) is 8.92. The highest BCUT2D eigenvalue weighted by Crippen LogP contribution is 2.29. The van der Waals surface area contributed by atoms with E-state index < -0.39 is 11.7 Å². The Morgan fingerprint density at radius 3 is 2.46 bits per heavy atom. The van der Waals surface area contributed by atoms with Crippen LogP contribution in [0.3, 0.4) is 0 Å². The van der Waals surface area contributed by atoms with Crippen LogP contribution in [0.5, 0.6) is 0 Å². The molecule has 0 aromatic heterocycles. The molecule has 3 nitrogen and oxygen atoms in total. The standard InChI is InChI=1S/C19H27F3N2O.ClH/c1-13(16-4-3-9-23-12-16)10-18(25)24-14(2)11-15-5-7-17(8-6-15)19(20,21)22;/h5-8,13-14,16,23H,3-4,9-12H2,1-2H3,(H,24,25);1H. The van der Waals surface area contributed by atoms with Crippen molar-refractivity contribution < 1.29 is 18.0 Å². The van der Waals surface area contributed by atoms with E-state index in [0.29, 0.717) is 24.7 Å². The summed E-state index contributed by atoms with van der Waals surface area (Å²) in [7, 11) is 0. The number of carbonyl (C=O) groups excluding carboxylic acids is 1. The van der Waals surface area contributed by atoms with Crippen molar-refractivity contribution in [1.82, 2.24) is 10.6 Å². The van der Waals surface area contributed by atoms with Gasteiger partial charge in [-0.1, -0.05) is 19.1 Å². The van der Waals surface area contributed by atoms with Crippen molar-refractivity contribution in [2.75, 3.05) is 13.1 Å². The molecule has 2 rings (SSSR count). The van der Waals surface area contributed by atoms with Crippen LogP contribution in [0.25, 0.3) is 0 Å². The Morgan fingerprint density at radius 1 is 1.27 bits per heavy atom. The van der Waals surface area contributed by atoms with E-state index in [1.54, 1.807) is 0 Å². The van der Waals surface area contributed by atoms with Crippen molar-refractivity contribution in [2.45, 2.75) is 51.7 Å². The molecule has 26 heavy (non-hydrogen) atoms. The van der Waals surface area contributed by atoms with Crippen molar-refractivity contribution in [3.05, 3.63) is 35.4 Å². The van der Waals surface area contributed by atoms with E-state index in [0.717, 1.165) is 43.6 Å². The Bertz CT molecular complexity index is 557. The predicted octanol–water partition coefficient (Wildman–Crippen LogP) is 4.20. The number of nitrogens with one attached hydrogen (secondary N) is 2. The number of amides is 1. The van der Waals surface area contributed by atoms with Gasteiger partial charge < -0.3 is 10.6 Å². The summed E-state index contributed by atoms with van der Waals surface area (Å²) in [4.78, 5) is 12.2. The molecule has 1 aliphatic rings. The number of rotatable bonds is 6. The van der Waals surface area contributed by atoms with Crippen LogP contribution in [0.2, 0.25) is 0 Å². The maximum atomic E-state index is 12.6. The Morgan fingerprint density at radius 2 is 1.92 bits per heavy atom. The van der Waals surface area contributed by atoms with Gasteiger partial charge in [-0.15, -0.1) is 12.4 Å². The van der Waals surface area contributed by atoms with Gasteiger partial charge in [0.25, 0.3) is 0 Å². The molecular formula is C19H28ClF3N2O. The Hall–Kier alpha value is -1.27. The first-order valence-electron chi connectivity index (χ1n) is 8.92. The summed E-state index contributed by atoms with van der Waals surface area (Å²) < 4.78 is 37.7. The lowest BCUT2D eigenvalue weighted by Gasteiger charge is -2.28. The first kappa shape index (κ1) is 22.8. The summed E-state index contributed by atoms with van der Waals surface area (Å²) in [6, 6.07) is 5.01. The monoisotopic (exact) mass is 392 g/mol. The van der Waals surface area contributed by atoms with Crippen molar-refractivity contribution in [3.8, 4) is 0 Å². The minimum atomic E-state index is -4.32. The third-order valence-electron chi connectivity index (χ3n) is 4.88. The van der Waals surface area contributed by atoms with Crippen LogP contribution in [-0.4, -0.2) is 25.0 Å². The molecule has 2 N–H and O–H groups in total. The molecule has 148 valence electrons. The van der Waals surface area contributed by atoms with Crippen LogP contribution < -0.4 is 10.6 Å². The Labute approximate surface area is 159 Å². The zero-order valence-corrected chi connectivity index (χ0v) is 16.1. The van der Waals surface area contributed by atoms with Crippen molar-refractivity contribution in [2.24, 2.45) is 11.8 Å². The smallest absolute Gasteiger partial charge is 0.353 e. The third kappa shape index (κ3) is 7.16. The predicted molar refractivity (Wildman–Crippen MR) is 99.4 cm³/mol. The number of piperidine rings is 1. The van der Waals surface area contributed by atoms with Crippen molar-refractivity contribution in [1.29, 1.82) is 0 Å². The fraction of sp³-hybridized carbons (Fsp3) is 0.632. The molecule has 0 radical (unpaired) electrons. The first-order chi connectivity index (χ1) is 11.8. The summed E-state index contributed by atoms with van der Waals surface area (Å²) in [5.74, 6) is 0.869. The molecule has 1 aromatic rings. The van der Waals surface area contributed by atoms with Crippen LogP contribution in [0.1, 0.15) is 44.2 Å². The number of alkyl halides is 3. The van der Waals surface area contributed by atoms with Gasteiger partial charge in [-0.25, -0.2) is 0 Å². The van der Waals surface area contributed by atoms with E-state index in [4.69, 9.17) is 0 Å². The van der Waals surface area contributed by atoms with Gasteiger partial charge in [-0.2, -0.15) is 13.2 Å². The van der Waals surface area contributed by atoms with Crippen LogP contribution in [-0.2, 0) is 17.4 Å². The molecule has 7 heteroatoms. The maximum Gasteiger partial charge on any atom is 0.416 e. The fourth-order valence-electron chi connectivity index (χ4n) is 3.39. The molecule has 1 fully saturated rings. The maximum absolute atomic E-state index is 12.6. The minimum Gasteiger partial charge on any atom is -0.353 e. The normalized spacial score (nSPS) is 20.0. The van der Waals surface area contributed by atoms with Crippen LogP contribution in [0.4, 0.5) is 13.2 Å². The van der Waals surface area contributed by atoms with E-state index in [1.807, 2.05) is 6.92 Å². The molecule has 1 aromatic carbocycles. The van der Waals surface area contributed by atoms with Gasteiger partial charge in [-0.3, -0.25) is 4.79 Å². The molecule has 0 aliphatic carbocycles. The second kappa shape index (κ2) is 10.2. The van der Waals surface area contributed by atoms with E-state index in [9.17, 15) is 18.0 Å². The molecule has 3 atom stereocenters. The second-order valence-electron chi connectivity index (χ2n) is 7.16. The van der Waals surface area contributed by atoms with E-state index in [-0.39, 0.29) is 24.4 Å². The molecule has 0 bridgehead atoms. The Balaban J connectivity index is 0.00000338. The summed E-state index contributed by atoms with van der Waals surface area (Å²) >= 11 is 0. The molecular weight excluding hydrogens is 365 g/mol. The van der Waals surface area contributed by atoms with Gasteiger partial charge in [-0.05, 0) is 68.8 Å². The topological polar surface area (TPSA) is 41.1 Å². The number of carbonyl (C=O) groups is 1. The van der Waals surface area contributed by atoms with Gasteiger partial charge in [0.2, 0.25) is 5.91 Å². The van der Waals surface area contributed by atoms with Gasteiger partial charge in [0, 0.05) is 12.5 Å². The van der Waals surface area contributed by atoms with Gasteiger partial charge in [0.05, 0.1) is 5.56 Å². The number of hydrogen-bond acceptors (Lipinski definition) is 2. The summed E-state index contributed by atoms with van der Waals surface area (Å²) in [5, 5.41) is 6.33. The lowest BCUT2D eigenvalue weighted by Crippen LogP contribution is -2.38. The average molecular weight is 393 g/mol. The van der Waals surface area contributed by atoms with Crippen LogP contribution >= 0.6 is 12.4 Å². The summed E-state index contributed by atoms with van der Waals surface area (Å²) in [6.45, 7) is 6.01. The molecule has 1 heterocycles. The molecule has 1 amide bonds. The third-order valence-corrected chi connectivity index (χ3v) is 4.88. The van der Waals surface area contributed by atoms with Crippen LogP contribution in [0.15, 0.2) is 24.3 Å². The van der Waals surface area contributed by atoms with Gasteiger partial charge >= 0.3 is 6.18 Å². The molecule has 3 unspecified atom stereocenters. The highest BCUT2D eigenvalue weighted by atomic mass is 35.5. The van der Waals surface area contributed by atoms with Crippen molar-refractivity contribution >= 4 is 18.3 Å². The second-order valence-corrected chi connectivity index (χ2v) is 7.16. The zero-order valence-electron chi connectivity index (χ0n) is 15.2. The molecule has 1 aliphatic heterocycles. The Kier molecular flexibility index (Phi) is 8.90. The van der Waals surface area contributed by atoms with E-state index in [1.165, 1.54) is 12.1 Å². The minimum absolute atomic E-state index is 0. The fourth-order valence-corrected chi connectivity index (χ4v) is 3.39. The van der Waals surface area contributed by atoms with E-state index in [2.05, 4.69) is 17.6 Å². The SMILES string of the molecule is CC(Cc1ccc(C(F)(F)F)cc1)NC(=O)CC(C)C1CCCNC1.Cl. The lowest BCUT2D eigenvalue weighted by atomic mass is 9.85. The molecule has 0 spiro atoms. The highest BCUT2D eigenvalue weighted by molar-refractivity contribution is 5.85. The summed E-state index contributed by atoms with van der Waals surface area (Å²) in [5.41, 5.74) is 0.133. The number of benzene rings is 1. The quantitative estimate of drug-likeness (QED) is 0.761. The molecule has 1 saturated heterocycles. The molecule has 0 saturated carbocycles. The van der Waals surface area contributed by atoms with Gasteiger partial charge in [0.15, 0.2) is 0 Å². The number of hydrogen-bond donors (Lipinski definition) is 2. The summed E-state index contributed by atoms with van der Waals surface area (Å²) in [6.07, 6.45) is -1.00. The van der Waals surface area contributed by atoms with Gasteiger partial charge in [0.1, 0.15) is 0 Å². The zero-order chi connectivity index (χ0) is 18.4. The number of halogens is 4. The van der Waals surface area contributed by atoms with E-state index >= 15 is 0 Å². The largest absolute Gasteiger partial charge is 0.416 e. The van der Waals surface area contributed by atoms with Crippen LogP contribution in [0, 0.1) is 11.8 Å². The lowest BCUT2D eigenvalue weighted by molar-refractivity contribution is -0.137.